The van der Waals surface area contributed by atoms with Crippen molar-refractivity contribution in [3.05, 3.63) is 77.5 Å². The summed E-state index contributed by atoms with van der Waals surface area (Å²) in [6, 6.07) is 20.6. The van der Waals surface area contributed by atoms with E-state index in [-0.39, 0.29) is 0 Å². The zero-order valence-corrected chi connectivity index (χ0v) is 14.3. The zero-order chi connectivity index (χ0) is 16.9. The summed E-state index contributed by atoms with van der Waals surface area (Å²) in [6.07, 6.45) is 0. The first-order chi connectivity index (χ1) is 11.6. The minimum absolute atomic E-state index is 0.619. The van der Waals surface area contributed by atoms with Crippen LogP contribution in [0.3, 0.4) is 0 Å². The molecule has 0 radical (unpaired) electrons. The molecule has 1 aromatic heterocycles. The number of nitrogens with one attached hydrogen (secondary N) is 1. The highest BCUT2D eigenvalue weighted by Crippen LogP contribution is 2.19. The maximum Gasteiger partial charge on any atom is 0.229 e. The van der Waals surface area contributed by atoms with Gasteiger partial charge in [0.25, 0.3) is 0 Å². The fourth-order valence-corrected chi connectivity index (χ4v) is 2.51. The number of rotatable bonds is 5. The lowest BCUT2D eigenvalue weighted by Gasteiger charge is -2.19. The van der Waals surface area contributed by atoms with Crippen LogP contribution in [0.15, 0.2) is 60.7 Å². The topological polar surface area (TPSA) is 41.1 Å². The third-order valence-electron chi connectivity index (χ3n) is 3.80. The van der Waals surface area contributed by atoms with E-state index < -0.39 is 0 Å². The van der Waals surface area contributed by atoms with Gasteiger partial charge in [0.05, 0.1) is 0 Å². The van der Waals surface area contributed by atoms with E-state index >= 15 is 0 Å². The molecule has 0 spiro atoms. The lowest BCUT2D eigenvalue weighted by molar-refractivity contribution is 0.888. The molecular weight excluding hydrogens is 296 g/mol. The minimum Gasteiger partial charge on any atom is -0.355 e. The highest BCUT2D eigenvalue weighted by atomic mass is 15.2. The van der Waals surface area contributed by atoms with E-state index in [1.807, 2.05) is 38.2 Å². The normalized spacial score (nSPS) is 10.5. The van der Waals surface area contributed by atoms with E-state index in [0.717, 1.165) is 23.7 Å². The molecule has 0 saturated carbocycles. The van der Waals surface area contributed by atoms with Gasteiger partial charge < -0.3 is 10.2 Å². The zero-order valence-electron chi connectivity index (χ0n) is 14.3. The lowest BCUT2D eigenvalue weighted by atomic mass is 10.2. The van der Waals surface area contributed by atoms with Gasteiger partial charge in [0.1, 0.15) is 5.82 Å². The largest absolute Gasteiger partial charge is 0.355 e. The van der Waals surface area contributed by atoms with Gasteiger partial charge in [-0.2, -0.15) is 4.98 Å². The summed E-state index contributed by atoms with van der Waals surface area (Å²) in [5.74, 6) is 1.52. The van der Waals surface area contributed by atoms with Crippen LogP contribution in [0, 0.1) is 13.8 Å². The molecule has 4 heteroatoms. The second-order valence-corrected chi connectivity index (χ2v) is 6.02. The molecule has 4 nitrogen and oxygen atoms in total. The van der Waals surface area contributed by atoms with Crippen LogP contribution >= 0.6 is 0 Å². The van der Waals surface area contributed by atoms with Gasteiger partial charge in [-0.15, -0.1) is 0 Å². The summed E-state index contributed by atoms with van der Waals surface area (Å²) in [7, 11) is 2.05. The molecule has 0 unspecified atom stereocenters. The predicted molar refractivity (Wildman–Crippen MR) is 99.8 cm³/mol. The average Bonchev–Trinajstić information content (AvgIpc) is 2.57. The van der Waals surface area contributed by atoms with Crippen LogP contribution in [-0.2, 0) is 6.54 Å². The molecule has 122 valence electrons. The smallest absolute Gasteiger partial charge is 0.229 e. The van der Waals surface area contributed by atoms with Crippen LogP contribution in [0.2, 0.25) is 0 Å². The van der Waals surface area contributed by atoms with E-state index in [9.17, 15) is 0 Å². The summed E-state index contributed by atoms with van der Waals surface area (Å²) < 4.78 is 0. The fraction of sp³-hybridized carbons (Fsp3) is 0.200. The Kier molecular flexibility index (Phi) is 4.75. The van der Waals surface area contributed by atoms with E-state index in [4.69, 9.17) is 0 Å². The standard InChI is InChI=1S/C20H22N4/c1-15-9-11-18(12-10-15)22-20-21-16(2)13-19(23-20)24(3)14-17-7-5-4-6-8-17/h4-13H,14H2,1-3H3,(H,21,22,23). The first-order valence-electron chi connectivity index (χ1n) is 8.04. The van der Waals surface area contributed by atoms with Crippen molar-refractivity contribution in [3.8, 4) is 0 Å². The third kappa shape index (κ3) is 4.10. The van der Waals surface area contributed by atoms with Gasteiger partial charge in [0.2, 0.25) is 5.95 Å². The molecule has 1 N–H and O–H groups in total. The molecule has 0 aliphatic rings. The molecular formula is C20H22N4. The van der Waals surface area contributed by atoms with Crippen molar-refractivity contribution in [1.29, 1.82) is 0 Å². The Morgan fingerprint density at radius 2 is 1.62 bits per heavy atom. The molecule has 0 bridgehead atoms. The number of nitrogens with zero attached hydrogens (tertiary/aromatic N) is 3. The van der Waals surface area contributed by atoms with E-state index in [1.54, 1.807) is 0 Å². The van der Waals surface area contributed by atoms with Gasteiger partial charge in [0.15, 0.2) is 0 Å². The summed E-state index contributed by atoms with van der Waals surface area (Å²) in [4.78, 5) is 11.3. The molecule has 0 aliphatic heterocycles. The Morgan fingerprint density at radius 1 is 0.917 bits per heavy atom. The van der Waals surface area contributed by atoms with Crippen molar-refractivity contribution < 1.29 is 0 Å². The molecule has 3 aromatic rings. The quantitative estimate of drug-likeness (QED) is 0.753. The van der Waals surface area contributed by atoms with Gasteiger partial charge in [-0.3, -0.25) is 0 Å². The van der Waals surface area contributed by atoms with Crippen molar-refractivity contribution in [2.24, 2.45) is 0 Å². The molecule has 24 heavy (non-hydrogen) atoms. The Bertz CT molecular complexity index is 798. The highest BCUT2D eigenvalue weighted by molar-refractivity contribution is 5.56. The van der Waals surface area contributed by atoms with Crippen molar-refractivity contribution in [3.63, 3.8) is 0 Å². The van der Waals surface area contributed by atoms with Crippen molar-refractivity contribution >= 4 is 17.5 Å². The molecule has 0 aliphatic carbocycles. The average molecular weight is 318 g/mol. The monoisotopic (exact) mass is 318 g/mol. The van der Waals surface area contributed by atoms with Crippen molar-refractivity contribution in [1.82, 2.24) is 9.97 Å². The molecule has 3 rings (SSSR count). The van der Waals surface area contributed by atoms with Gasteiger partial charge in [0, 0.05) is 31.0 Å². The van der Waals surface area contributed by atoms with E-state index in [1.165, 1.54) is 11.1 Å². The lowest BCUT2D eigenvalue weighted by Crippen LogP contribution is -2.18. The maximum absolute atomic E-state index is 4.65. The molecule has 0 fully saturated rings. The van der Waals surface area contributed by atoms with Crippen LogP contribution in [0.25, 0.3) is 0 Å². The predicted octanol–water partition coefficient (Wildman–Crippen LogP) is 4.47. The SMILES string of the molecule is Cc1ccc(Nc2nc(C)cc(N(C)Cc3ccccc3)n2)cc1. The second kappa shape index (κ2) is 7.13. The molecule has 2 aromatic carbocycles. The van der Waals surface area contributed by atoms with Gasteiger partial charge >= 0.3 is 0 Å². The highest BCUT2D eigenvalue weighted by Gasteiger charge is 2.08. The Labute approximate surface area is 143 Å². The van der Waals surface area contributed by atoms with Crippen LogP contribution in [-0.4, -0.2) is 17.0 Å². The van der Waals surface area contributed by atoms with Crippen LogP contribution in [0.1, 0.15) is 16.8 Å². The summed E-state index contributed by atoms with van der Waals surface area (Å²) in [5, 5.41) is 3.28. The molecule has 0 saturated heterocycles. The number of anilines is 3. The molecule has 0 atom stereocenters. The summed E-state index contributed by atoms with van der Waals surface area (Å²) >= 11 is 0. The fourth-order valence-electron chi connectivity index (χ4n) is 2.51. The Hall–Kier alpha value is -2.88. The summed E-state index contributed by atoms with van der Waals surface area (Å²) in [6.45, 7) is 4.87. The number of aromatic nitrogens is 2. The van der Waals surface area contributed by atoms with Crippen molar-refractivity contribution in [2.45, 2.75) is 20.4 Å². The van der Waals surface area contributed by atoms with Gasteiger partial charge in [-0.25, -0.2) is 4.98 Å². The Morgan fingerprint density at radius 3 is 2.33 bits per heavy atom. The van der Waals surface area contributed by atoms with E-state index in [0.29, 0.717) is 5.95 Å². The van der Waals surface area contributed by atoms with E-state index in [2.05, 4.69) is 63.5 Å². The van der Waals surface area contributed by atoms with Crippen LogP contribution < -0.4 is 10.2 Å². The van der Waals surface area contributed by atoms with Gasteiger partial charge in [-0.05, 0) is 31.5 Å². The minimum atomic E-state index is 0.619. The molecule has 0 amide bonds. The number of hydrogen-bond donors (Lipinski definition) is 1. The van der Waals surface area contributed by atoms with Crippen LogP contribution in [0.5, 0.6) is 0 Å². The third-order valence-corrected chi connectivity index (χ3v) is 3.80. The second-order valence-electron chi connectivity index (χ2n) is 6.02. The number of hydrogen-bond acceptors (Lipinski definition) is 4. The Balaban J connectivity index is 1.79. The first kappa shape index (κ1) is 16.0. The maximum atomic E-state index is 4.65. The number of aryl methyl sites for hydroxylation is 2. The van der Waals surface area contributed by atoms with Gasteiger partial charge in [-0.1, -0.05) is 48.0 Å². The van der Waals surface area contributed by atoms with Crippen molar-refractivity contribution in [2.75, 3.05) is 17.3 Å². The molecule has 1 heterocycles. The summed E-state index contributed by atoms with van der Waals surface area (Å²) in [5.41, 5.74) is 4.41. The van der Waals surface area contributed by atoms with Crippen LogP contribution in [0.4, 0.5) is 17.5 Å². The number of benzene rings is 2. The first-order valence-corrected chi connectivity index (χ1v) is 8.04.